The number of anilines is 2. The molecule has 8 heteroatoms. The Morgan fingerprint density at radius 1 is 1.27 bits per heavy atom. The summed E-state index contributed by atoms with van der Waals surface area (Å²) in [5.74, 6) is -1.54. The van der Waals surface area contributed by atoms with Crippen LogP contribution in [0.15, 0.2) is 42.5 Å². The molecule has 2 aliphatic heterocycles. The highest BCUT2D eigenvalue weighted by atomic mass is 19.1. The molecule has 156 valence electrons. The maximum absolute atomic E-state index is 12.9. The molecule has 2 aromatic carbocycles. The Morgan fingerprint density at radius 2 is 2.03 bits per heavy atom. The van der Waals surface area contributed by atoms with Gasteiger partial charge in [-0.2, -0.15) is 0 Å². The molecule has 2 aromatic rings. The average molecular weight is 411 g/mol. The fourth-order valence-corrected chi connectivity index (χ4v) is 3.77. The van der Waals surface area contributed by atoms with Gasteiger partial charge in [0.1, 0.15) is 11.9 Å². The molecule has 0 unspecified atom stereocenters. The lowest BCUT2D eigenvalue weighted by Crippen LogP contribution is -2.44. The summed E-state index contributed by atoms with van der Waals surface area (Å²) in [6.45, 7) is 2.48. The van der Waals surface area contributed by atoms with E-state index in [1.54, 1.807) is 30.3 Å². The van der Waals surface area contributed by atoms with E-state index in [9.17, 15) is 18.8 Å². The first-order valence-electron chi connectivity index (χ1n) is 9.87. The number of carbonyl (C=O) groups is 3. The minimum atomic E-state index is -1.01. The Bertz CT molecular complexity index is 992. The van der Waals surface area contributed by atoms with Crippen molar-refractivity contribution in [3.05, 3.63) is 59.4 Å². The summed E-state index contributed by atoms with van der Waals surface area (Å²) < 4.78 is 18.2. The number of rotatable bonds is 5. The fourth-order valence-electron chi connectivity index (χ4n) is 3.77. The standard InChI is InChI=1S/C22H22FN3O4/c1-13(20(27)24-12-14-4-7-16(23)8-5-14)30-22(29)15-6-9-18-17(11-15)25-21(28)19-3-2-10-26(18)19/h4-9,11,13,19H,2-3,10,12H2,1H3,(H,24,27)(H,25,28)/t13-,19-/m0/s1. The highest BCUT2D eigenvalue weighted by molar-refractivity contribution is 6.05. The third-order valence-electron chi connectivity index (χ3n) is 5.39. The van der Waals surface area contributed by atoms with Gasteiger partial charge in [0.25, 0.3) is 5.91 Å². The maximum atomic E-state index is 12.9. The number of hydrogen-bond acceptors (Lipinski definition) is 5. The Hall–Kier alpha value is -3.42. The number of hydrogen-bond donors (Lipinski definition) is 2. The molecule has 0 saturated carbocycles. The number of benzene rings is 2. The highest BCUT2D eigenvalue weighted by Crippen LogP contribution is 2.37. The van der Waals surface area contributed by atoms with E-state index >= 15 is 0 Å². The van der Waals surface area contributed by atoms with E-state index in [4.69, 9.17) is 4.74 Å². The van der Waals surface area contributed by atoms with Crippen molar-refractivity contribution in [3.8, 4) is 0 Å². The predicted molar refractivity (Wildman–Crippen MR) is 109 cm³/mol. The molecular weight excluding hydrogens is 389 g/mol. The van der Waals surface area contributed by atoms with Crippen molar-refractivity contribution < 1.29 is 23.5 Å². The van der Waals surface area contributed by atoms with Gasteiger partial charge in [0.05, 0.1) is 16.9 Å². The molecule has 0 bridgehead atoms. The van der Waals surface area contributed by atoms with Crippen LogP contribution >= 0.6 is 0 Å². The first-order valence-corrected chi connectivity index (χ1v) is 9.87. The number of carbonyl (C=O) groups excluding carboxylic acids is 3. The van der Waals surface area contributed by atoms with Crippen molar-refractivity contribution in [1.29, 1.82) is 0 Å². The van der Waals surface area contributed by atoms with Gasteiger partial charge in [-0.05, 0) is 55.7 Å². The van der Waals surface area contributed by atoms with E-state index in [1.807, 2.05) is 0 Å². The second-order valence-corrected chi connectivity index (χ2v) is 7.46. The summed E-state index contributed by atoms with van der Waals surface area (Å²) in [6.07, 6.45) is 0.761. The van der Waals surface area contributed by atoms with E-state index in [-0.39, 0.29) is 29.9 Å². The molecule has 30 heavy (non-hydrogen) atoms. The Morgan fingerprint density at radius 3 is 2.80 bits per heavy atom. The van der Waals surface area contributed by atoms with Crippen LogP contribution in [-0.2, 0) is 20.9 Å². The lowest BCUT2D eigenvalue weighted by atomic mass is 10.1. The molecule has 0 radical (unpaired) electrons. The lowest BCUT2D eigenvalue weighted by molar-refractivity contribution is -0.129. The monoisotopic (exact) mass is 411 g/mol. The van der Waals surface area contributed by atoms with Crippen LogP contribution in [0.25, 0.3) is 0 Å². The third-order valence-corrected chi connectivity index (χ3v) is 5.39. The molecule has 7 nitrogen and oxygen atoms in total. The quantitative estimate of drug-likeness (QED) is 0.739. The number of nitrogens with one attached hydrogen (secondary N) is 2. The van der Waals surface area contributed by atoms with Crippen molar-refractivity contribution in [1.82, 2.24) is 5.32 Å². The summed E-state index contributed by atoms with van der Waals surface area (Å²) >= 11 is 0. The number of ether oxygens (including phenoxy) is 1. The molecule has 2 heterocycles. The van der Waals surface area contributed by atoms with Crippen LogP contribution in [0.3, 0.4) is 0 Å². The molecule has 4 rings (SSSR count). The van der Waals surface area contributed by atoms with Gasteiger partial charge in [0.2, 0.25) is 5.91 Å². The largest absolute Gasteiger partial charge is 0.449 e. The predicted octanol–water partition coefficient (Wildman–Crippen LogP) is 2.61. The second kappa shape index (κ2) is 8.14. The van der Waals surface area contributed by atoms with Crippen molar-refractivity contribution in [2.75, 3.05) is 16.8 Å². The summed E-state index contributed by atoms with van der Waals surface area (Å²) in [6, 6.07) is 10.6. The summed E-state index contributed by atoms with van der Waals surface area (Å²) in [7, 11) is 0. The zero-order valence-corrected chi connectivity index (χ0v) is 16.5. The Labute approximate surface area is 173 Å². The SMILES string of the molecule is C[C@H](OC(=O)c1ccc2c(c1)NC(=O)[C@@H]1CCCN21)C(=O)NCc1ccc(F)cc1. The summed E-state index contributed by atoms with van der Waals surface area (Å²) in [5.41, 5.74) is 2.44. The van der Waals surface area contributed by atoms with Gasteiger partial charge in [-0.1, -0.05) is 12.1 Å². The van der Waals surface area contributed by atoms with Gasteiger partial charge in [-0.3, -0.25) is 9.59 Å². The molecule has 2 N–H and O–H groups in total. The lowest BCUT2D eigenvalue weighted by Gasteiger charge is -2.33. The second-order valence-electron chi connectivity index (χ2n) is 7.46. The van der Waals surface area contributed by atoms with E-state index in [0.29, 0.717) is 5.69 Å². The van der Waals surface area contributed by atoms with Crippen LogP contribution in [-0.4, -0.2) is 36.5 Å². The Balaban J connectivity index is 1.37. The molecule has 2 aliphatic rings. The molecule has 2 amide bonds. The van der Waals surface area contributed by atoms with Crippen molar-refractivity contribution in [2.24, 2.45) is 0 Å². The zero-order valence-electron chi connectivity index (χ0n) is 16.5. The molecule has 2 atom stereocenters. The average Bonchev–Trinajstić information content (AvgIpc) is 3.23. The molecular formula is C22H22FN3O4. The third kappa shape index (κ3) is 3.98. The minimum absolute atomic E-state index is 0.0703. The van der Waals surface area contributed by atoms with E-state index in [0.717, 1.165) is 30.6 Å². The normalized spacial score (nSPS) is 18.1. The number of nitrogens with zero attached hydrogens (tertiary/aromatic N) is 1. The van der Waals surface area contributed by atoms with E-state index in [1.165, 1.54) is 19.1 Å². The molecule has 1 saturated heterocycles. The number of amides is 2. The topological polar surface area (TPSA) is 87.7 Å². The van der Waals surface area contributed by atoms with Gasteiger partial charge < -0.3 is 20.3 Å². The molecule has 1 fully saturated rings. The number of fused-ring (bicyclic) bond motifs is 3. The molecule has 0 aromatic heterocycles. The number of esters is 1. The molecule has 0 spiro atoms. The van der Waals surface area contributed by atoms with Crippen molar-refractivity contribution in [2.45, 2.75) is 38.5 Å². The Kier molecular flexibility index (Phi) is 5.39. The van der Waals surface area contributed by atoms with E-state index in [2.05, 4.69) is 15.5 Å². The smallest absolute Gasteiger partial charge is 0.338 e. The van der Waals surface area contributed by atoms with Crippen LogP contribution < -0.4 is 15.5 Å². The summed E-state index contributed by atoms with van der Waals surface area (Å²) in [4.78, 5) is 39.0. The molecule has 0 aliphatic carbocycles. The maximum Gasteiger partial charge on any atom is 0.338 e. The van der Waals surface area contributed by atoms with Gasteiger partial charge in [0, 0.05) is 13.1 Å². The fraction of sp³-hybridized carbons (Fsp3) is 0.318. The zero-order chi connectivity index (χ0) is 21.3. The first-order chi connectivity index (χ1) is 14.4. The van der Waals surface area contributed by atoms with Crippen molar-refractivity contribution in [3.63, 3.8) is 0 Å². The minimum Gasteiger partial charge on any atom is -0.449 e. The van der Waals surface area contributed by atoms with Gasteiger partial charge in [0.15, 0.2) is 6.10 Å². The van der Waals surface area contributed by atoms with Crippen LogP contribution in [0.4, 0.5) is 15.8 Å². The van der Waals surface area contributed by atoms with Gasteiger partial charge in [-0.25, -0.2) is 9.18 Å². The van der Waals surface area contributed by atoms with E-state index < -0.39 is 18.0 Å². The van der Waals surface area contributed by atoms with Crippen LogP contribution in [0.5, 0.6) is 0 Å². The summed E-state index contributed by atoms with van der Waals surface area (Å²) in [5, 5.41) is 5.50. The van der Waals surface area contributed by atoms with Gasteiger partial charge >= 0.3 is 5.97 Å². The highest BCUT2D eigenvalue weighted by Gasteiger charge is 2.36. The van der Waals surface area contributed by atoms with Gasteiger partial charge in [-0.15, -0.1) is 0 Å². The first kappa shape index (κ1) is 19.9. The van der Waals surface area contributed by atoms with Crippen molar-refractivity contribution >= 4 is 29.2 Å². The van der Waals surface area contributed by atoms with Crippen LogP contribution in [0.1, 0.15) is 35.7 Å². The van der Waals surface area contributed by atoms with Crippen LogP contribution in [0.2, 0.25) is 0 Å². The number of halogens is 1. The van der Waals surface area contributed by atoms with Crippen LogP contribution in [0, 0.1) is 5.82 Å².